The van der Waals surface area contributed by atoms with Gasteiger partial charge in [0.25, 0.3) is 5.91 Å². The smallest absolute Gasteiger partial charge is 0.324 e. The molecule has 0 fully saturated rings. The molecule has 2 aromatic carbocycles. The average Bonchev–Trinajstić information content (AvgIpc) is 2.73. The Labute approximate surface area is 174 Å². The maximum absolute atomic E-state index is 12.4. The maximum atomic E-state index is 12.4. The highest BCUT2D eigenvalue weighted by molar-refractivity contribution is 7.89. The molecule has 0 spiro atoms. The summed E-state index contributed by atoms with van der Waals surface area (Å²) in [5.41, 5.74) is 0.731. The monoisotopic (exact) mass is 431 g/mol. The minimum absolute atomic E-state index is 0.0499. The van der Waals surface area contributed by atoms with Crippen LogP contribution in [0.25, 0.3) is 0 Å². The number of nitrogens with zero attached hydrogens (tertiary/aromatic N) is 1. The van der Waals surface area contributed by atoms with E-state index in [-0.39, 0.29) is 4.90 Å². The summed E-state index contributed by atoms with van der Waals surface area (Å²) in [5.74, 6) is -1.05. The SMILES string of the molecule is COc1ccc(S(=O)(=O)NC(C)C(=O)OC(C)C(=O)Nc2cccc(C#N)c2)cc1. The average molecular weight is 431 g/mol. The third-order valence-corrected chi connectivity index (χ3v) is 5.53. The summed E-state index contributed by atoms with van der Waals surface area (Å²) >= 11 is 0. The van der Waals surface area contributed by atoms with E-state index in [1.165, 1.54) is 51.3 Å². The van der Waals surface area contributed by atoms with Crippen molar-refractivity contribution in [2.45, 2.75) is 30.9 Å². The highest BCUT2D eigenvalue weighted by atomic mass is 32.2. The minimum atomic E-state index is -3.98. The van der Waals surface area contributed by atoms with Crippen LogP contribution in [0.15, 0.2) is 53.4 Å². The van der Waals surface area contributed by atoms with Crippen molar-refractivity contribution in [1.29, 1.82) is 5.26 Å². The molecule has 2 unspecified atom stereocenters. The van der Waals surface area contributed by atoms with Gasteiger partial charge in [-0.1, -0.05) is 6.07 Å². The van der Waals surface area contributed by atoms with Crippen molar-refractivity contribution in [3.63, 3.8) is 0 Å². The van der Waals surface area contributed by atoms with Crippen LogP contribution in [-0.2, 0) is 24.3 Å². The molecule has 0 aliphatic heterocycles. The van der Waals surface area contributed by atoms with Crippen LogP contribution in [0.2, 0.25) is 0 Å². The number of benzene rings is 2. The molecule has 0 heterocycles. The summed E-state index contributed by atoms with van der Waals surface area (Å²) in [5, 5.41) is 11.4. The molecule has 0 aromatic heterocycles. The van der Waals surface area contributed by atoms with Crippen molar-refractivity contribution in [3.8, 4) is 11.8 Å². The Morgan fingerprint density at radius 3 is 2.37 bits per heavy atom. The van der Waals surface area contributed by atoms with Crippen LogP contribution in [0.4, 0.5) is 5.69 Å². The van der Waals surface area contributed by atoms with Gasteiger partial charge in [0.05, 0.1) is 23.6 Å². The van der Waals surface area contributed by atoms with Gasteiger partial charge in [-0.15, -0.1) is 0 Å². The van der Waals surface area contributed by atoms with E-state index in [9.17, 15) is 18.0 Å². The van der Waals surface area contributed by atoms with Gasteiger partial charge < -0.3 is 14.8 Å². The lowest BCUT2D eigenvalue weighted by atomic mass is 10.2. The number of esters is 1. The van der Waals surface area contributed by atoms with E-state index in [4.69, 9.17) is 14.7 Å². The molecular weight excluding hydrogens is 410 g/mol. The number of hydrogen-bond donors (Lipinski definition) is 2. The van der Waals surface area contributed by atoms with Gasteiger partial charge in [-0.25, -0.2) is 8.42 Å². The second-order valence-electron chi connectivity index (χ2n) is 6.28. The number of methoxy groups -OCH3 is 1. The largest absolute Gasteiger partial charge is 0.497 e. The molecule has 9 nitrogen and oxygen atoms in total. The van der Waals surface area contributed by atoms with Crippen LogP contribution in [0.1, 0.15) is 19.4 Å². The molecule has 0 radical (unpaired) electrons. The molecule has 0 aliphatic carbocycles. The number of carbonyl (C=O) groups excluding carboxylic acids is 2. The number of amides is 1. The Kier molecular flexibility index (Phi) is 7.52. The van der Waals surface area contributed by atoms with Crippen molar-refractivity contribution in [1.82, 2.24) is 4.72 Å². The molecule has 2 rings (SSSR count). The van der Waals surface area contributed by atoms with Crippen LogP contribution < -0.4 is 14.8 Å². The van der Waals surface area contributed by atoms with Crippen molar-refractivity contribution in [2.24, 2.45) is 0 Å². The van der Waals surface area contributed by atoms with Gasteiger partial charge in [0.15, 0.2) is 6.10 Å². The fourth-order valence-corrected chi connectivity index (χ4v) is 3.54. The van der Waals surface area contributed by atoms with Gasteiger partial charge in [0, 0.05) is 5.69 Å². The minimum Gasteiger partial charge on any atom is -0.497 e. The highest BCUT2D eigenvalue weighted by Gasteiger charge is 2.26. The van der Waals surface area contributed by atoms with Gasteiger partial charge in [-0.3, -0.25) is 9.59 Å². The van der Waals surface area contributed by atoms with Crippen LogP contribution in [-0.4, -0.2) is 39.5 Å². The first-order chi connectivity index (χ1) is 14.2. The lowest BCUT2D eigenvalue weighted by molar-refractivity contribution is -0.154. The zero-order valence-electron chi connectivity index (χ0n) is 16.6. The third-order valence-electron chi connectivity index (χ3n) is 3.98. The lowest BCUT2D eigenvalue weighted by Gasteiger charge is -2.18. The van der Waals surface area contributed by atoms with Crippen molar-refractivity contribution in [2.75, 3.05) is 12.4 Å². The first kappa shape index (κ1) is 22.9. The fourth-order valence-electron chi connectivity index (χ4n) is 2.34. The molecule has 0 aliphatic rings. The quantitative estimate of drug-likeness (QED) is 0.609. The maximum Gasteiger partial charge on any atom is 0.324 e. The summed E-state index contributed by atoms with van der Waals surface area (Å²) in [6, 6.07) is 12.6. The second-order valence-corrected chi connectivity index (χ2v) is 7.99. The van der Waals surface area contributed by atoms with Crippen LogP contribution >= 0.6 is 0 Å². The van der Waals surface area contributed by atoms with Crippen molar-refractivity contribution in [3.05, 3.63) is 54.1 Å². The predicted octanol–water partition coefficient (Wildman–Crippen LogP) is 1.80. The number of ether oxygens (including phenoxy) is 2. The van der Waals surface area contributed by atoms with Gasteiger partial charge in [-0.2, -0.15) is 9.98 Å². The van der Waals surface area contributed by atoms with Crippen LogP contribution in [0.5, 0.6) is 5.75 Å². The lowest BCUT2D eigenvalue weighted by Crippen LogP contribution is -2.42. The number of hydrogen-bond acceptors (Lipinski definition) is 7. The topological polar surface area (TPSA) is 135 Å². The predicted molar refractivity (Wildman–Crippen MR) is 108 cm³/mol. The summed E-state index contributed by atoms with van der Waals surface area (Å²) in [6.07, 6.45) is -1.18. The van der Waals surface area contributed by atoms with E-state index in [0.717, 1.165) is 0 Å². The van der Waals surface area contributed by atoms with Crippen LogP contribution in [0.3, 0.4) is 0 Å². The van der Waals surface area contributed by atoms with E-state index < -0.39 is 34.0 Å². The van der Waals surface area contributed by atoms with Crippen LogP contribution in [0, 0.1) is 11.3 Å². The highest BCUT2D eigenvalue weighted by Crippen LogP contribution is 2.16. The number of anilines is 1. The van der Waals surface area contributed by atoms with E-state index in [0.29, 0.717) is 17.0 Å². The number of nitrogens with one attached hydrogen (secondary N) is 2. The summed E-state index contributed by atoms with van der Waals surface area (Å²) in [6.45, 7) is 2.66. The number of rotatable bonds is 8. The first-order valence-electron chi connectivity index (χ1n) is 8.84. The first-order valence-corrected chi connectivity index (χ1v) is 10.3. The zero-order valence-corrected chi connectivity index (χ0v) is 17.4. The second kappa shape index (κ2) is 9.87. The molecule has 0 saturated carbocycles. The van der Waals surface area contributed by atoms with Gasteiger partial charge in [0.2, 0.25) is 10.0 Å². The standard InChI is InChI=1S/C20H21N3O6S/c1-13(23-30(26,27)18-9-7-17(28-3)8-10-18)20(25)29-14(2)19(24)22-16-6-4-5-15(11-16)12-21/h4-11,13-14,23H,1-3H3,(H,22,24). The van der Waals surface area contributed by atoms with E-state index in [1.807, 2.05) is 6.07 Å². The Morgan fingerprint density at radius 2 is 1.77 bits per heavy atom. The molecule has 2 N–H and O–H groups in total. The summed E-state index contributed by atoms with van der Waals surface area (Å²) in [4.78, 5) is 24.4. The summed E-state index contributed by atoms with van der Waals surface area (Å²) in [7, 11) is -2.52. The number of carbonyl (C=O) groups is 2. The molecule has 158 valence electrons. The Bertz CT molecular complexity index is 1060. The molecule has 1 amide bonds. The Balaban J connectivity index is 1.96. The third kappa shape index (κ3) is 6.04. The van der Waals surface area contributed by atoms with E-state index in [2.05, 4.69) is 10.0 Å². The summed E-state index contributed by atoms with van der Waals surface area (Å²) < 4.78 is 37.1. The Hall–Kier alpha value is -3.42. The van der Waals surface area contributed by atoms with Crippen molar-refractivity contribution < 1.29 is 27.5 Å². The number of sulfonamides is 1. The molecule has 0 saturated heterocycles. The molecular formula is C20H21N3O6S. The molecule has 0 bridgehead atoms. The van der Waals surface area contributed by atoms with E-state index >= 15 is 0 Å². The fraction of sp³-hybridized carbons (Fsp3) is 0.250. The van der Waals surface area contributed by atoms with E-state index in [1.54, 1.807) is 18.2 Å². The Morgan fingerprint density at radius 1 is 1.10 bits per heavy atom. The molecule has 10 heteroatoms. The van der Waals surface area contributed by atoms with Crippen molar-refractivity contribution >= 4 is 27.6 Å². The molecule has 30 heavy (non-hydrogen) atoms. The molecule has 2 aromatic rings. The normalized spacial score (nSPS) is 12.9. The zero-order chi connectivity index (χ0) is 22.3. The number of nitriles is 1. The van der Waals surface area contributed by atoms with Gasteiger partial charge >= 0.3 is 5.97 Å². The molecule has 2 atom stereocenters. The van der Waals surface area contributed by atoms with Gasteiger partial charge in [-0.05, 0) is 56.3 Å². The van der Waals surface area contributed by atoms with Gasteiger partial charge in [0.1, 0.15) is 11.8 Å².